The molecular weight excluding hydrogens is 557 g/mol. The van der Waals surface area contributed by atoms with E-state index in [4.69, 9.17) is 34.2 Å². The third kappa shape index (κ3) is 26.8. The predicted octanol–water partition coefficient (Wildman–Crippen LogP) is 1.74. The van der Waals surface area contributed by atoms with Gasteiger partial charge in [-0.1, -0.05) is 0 Å². The minimum Gasteiger partial charge on any atom is -0.463 e. The van der Waals surface area contributed by atoms with Crippen LogP contribution in [0.2, 0.25) is 0 Å². The van der Waals surface area contributed by atoms with Gasteiger partial charge in [0.25, 0.3) is 0 Å². The third-order valence-electron chi connectivity index (χ3n) is 2.70. The molecule has 0 atom stereocenters. The lowest BCUT2D eigenvalue weighted by Gasteiger charge is -2.06. The molecule has 0 fully saturated rings. The van der Waals surface area contributed by atoms with Gasteiger partial charge in [-0.05, 0) is 0 Å². The number of hydrogen-bond acceptors (Lipinski definition) is 16. The van der Waals surface area contributed by atoms with Crippen LogP contribution in [0, 0.1) is 0 Å². The lowest BCUT2D eigenvalue weighted by Crippen LogP contribution is -2.11. The van der Waals surface area contributed by atoms with Crippen LogP contribution in [0.25, 0.3) is 0 Å². The van der Waals surface area contributed by atoms with Crippen molar-refractivity contribution >= 4 is 88.5 Å². The van der Waals surface area contributed by atoms with Gasteiger partial charge in [0.05, 0.1) is 37.1 Å². The van der Waals surface area contributed by atoms with Crippen molar-refractivity contribution in [2.24, 2.45) is 0 Å². The van der Waals surface area contributed by atoms with Crippen molar-refractivity contribution in [2.45, 2.75) is 0 Å². The Morgan fingerprint density at radius 2 is 1.03 bits per heavy atom. The minimum absolute atomic E-state index is 0.00224. The van der Waals surface area contributed by atoms with Gasteiger partial charge in [0.2, 0.25) is 0 Å². The number of rotatable bonds is 24. The molecule has 0 aliphatic carbocycles. The van der Waals surface area contributed by atoms with Gasteiger partial charge in [-0.25, -0.2) is 9.78 Å². The van der Waals surface area contributed by atoms with Crippen LogP contribution < -0.4 is 0 Å². The first-order chi connectivity index (χ1) is 16.1. The van der Waals surface area contributed by atoms with Crippen LogP contribution in [0.3, 0.4) is 0 Å². The maximum atomic E-state index is 11.6. The monoisotopic (exact) mass is 586 g/mol. The Labute approximate surface area is 219 Å². The lowest BCUT2D eigenvalue weighted by molar-refractivity contribution is -0.274. The van der Waals surface area contributed by atoms with Gasteiger partial charge in [-0.15, -0.1) is 70.6 Å². The van der Waals surface area contributed by atoms with E-state index in [0.717, 1.165) is 10.8 Å². The zero-order chi connectivity index (χ0) is 24.4. The Balaban J connectivity index is 3.24. The molecule has 0 amide bonds. The summed E-state index contributed by atoms with van der Waals surface area (Å²) in [5.41, 5.74) is 0. The molecule has 0 radical (unpaired) electrons. The molecule has 0 aromatic carbocycles. The molecule has 33 heavy (non-hydrogen) atoms. The Kier molecular flexibility index (Phi) is 27.2. The number of ether oxygens (including phenoxy) is 3. The summed E-state index contributed by atoms with van der Waals surface area (Å²) in [6.45, 7) is 0.119. The largest absolute Gasteiger partial charge is 0.463 e. The van der Waals surface area contributed by atoms with Crippen LogP contribution in [0.1, 0.15) is 0 Å². The third-order valence-corrected chi connectivity index (χ3v) is 9.02. The number of hydrogen-bond donors (Lipinski definition) is 2. The number of aliphatic hydroxyl groups excluding tert-OH is 2. The van der Waals surface area contributed by atoms with E-state index >= 15 is 0 Å². The van der Waals surface area contributed by atoms with E-state index in [1.807, 2.05) is 0 Å². The molecule has 0 aliphatic rings. The molecule has 0 saturated heterocycles. The summed E-state index contributed by atoms with van der Waals surface area (Å²) < 4.78 is 14.5. The second-order valence-corrected chi connectivity index (χ2v) is 12.3. The molecule has 0 aliphatic heterocycles. The highest BCUT2D eigenvalue weighted by Gasteiger charge is 2.06. The van der Waals surface area contributed by atoms with Gasteiger partial charge in [0, 0.05) is 21.0 Å². The molecular formula is C17H30O10S6. The molecule has 0 saturated carbocycles. The highest BCUT2D eigenvalue weighted by molar-refractivity contribution is 8.17. The van der Waals surface area contributed by atoms with Gasteiger partial charge in [0.1, 0.15) is 25.1 Å². The normalized spacial score (nSPS) is 10.7. The average molecular weight is 587 g/mol. The average Bonchev–Trinajstić information content (AvgIpc) is 2.81. The molecule has 0 bridgehead atoms. The first kappa shape index (κ1) is 33.4. The molecule has 10 nitrogen and oxygen atoms in total. The van der Waals surface area contributed by atoms with Gasteiger partial charge in [-0.2, -0.15) is 0 Å². The maximum Gasteiger partial charge on any atom is 0.316 e. The summed E-state index contributed by atoms with van der Waals surface area (Å²) in [5, 5.41) is 19.1. The van der Waals surface area contributed by atoms with Crippen LogP contribution in [0.5, 0.6) is 0 Å². The van der Waals surface area contributed by atoms with E-state index in [9.17, 15) is 14.4 Å². The summed E-state index contributed by atoms with van der Waals surface area (Å²) in [7, 11) is 0. The predicted molar refractivity (Wildman–Crippen MR) is 139 cm³/mol. The Morgan fingerprint density at radius 3 is 1.61 bits per heavy atom. The number of thioether (sulfide) groups is 6. The van der Waals surface area contributed by atoms with Crippen LogP contribution in [0.15, 0.2) is 0 Å². The van der Waals surface area contributed by atoms with Crippen molar-refractivity contribution in [3.8, 4) is 0 Å². The molecule has 0 spiro atoms. The van der Waals surface area contributed by atoms with Crippen LogP contribution >= 0.6 is 70.6 Å². The van der Waals surface area contributed by atoms with Crippen LogP contribution in [-0.2, 0) is 38.4 Å². The minimum atomic E-state index is -0.384. The van der Waals surface area contributed by atoms with Crippen molar-refractivity contribution in [1.82, 2.24) is 0 Å². The zero-order valence-electron chi connectivity index (χ0n) is 18.0. The smallest absolute Gasteiger partial charge is 0.316 e. The van der Waals surface area contributed by atoms with E-state index in [-0.39, 0.29) is 67.5 Å². The Hall–Kier alpha value is 0.350. The summed E-state index contributed by atoms with van der Waals surface area (Å²) >= 11 is 8.72. The Morgan fingerprint density at radius 1 is 0.545 bits per heavy atom. The van der Waals surface area contributed by atoms with Crippen molar-refractivity contribution in [3.05, 3.63) is 0 Å². The van der Waals surface area contributed by atoms with Gasteiger partial charge in [-0.3, -0.25) is 14.4 Å². The maximum absolute atomic E-state index is 11.6. The van der Waals surface area contributed by atoms with Crippen molar-refractivity contribution in [3.63, 3.8) is 0 Å². The van der Waals surface area contributed by atoms with Crippen LogP contribution in [0.4, 0.5) is 0 Å². The number of carbonyl (C=O) groups is 3. The number of esters is 3. The standard InChI is InChI=1S/C17H30O10S6/c18-1-3-23-15(20)7-29-12-28-6-5-26-27-11-33-14-32-10-25-17(22)9-31-13-30-8-16(21)24-4-2-19/h18-19H,1-14H2. The number of carbonyl (C=O) groups excluding carboxylic acids is 3. The first-order valence-electron chi connectivity index (χ1n) is 9.49. The van der Waals surface area contributed by atoms with Gasteiger partial charge in [0.15, 0.2) is 0 Å². The second-order valence-electron chi connectivity index (χ2n) is 5.30. The number of aliphatic hydroxyl groups is 2. The molecule has 16 heteroatoms. The molecule has 0 aromatic heterocycles. The van der Waals surface area contributed by atoms with E-state index in [2.05, 4.69) is 0 Å². The van der Waals surface area contributed by atoms with Gasteiger partial charge < -0.3 is 24.4 Å². The summed E-state index contributed by atoms with van der Waals surface area (Å²) in [6.07, 6.45) is 0. The molecule has 2 N–H and O–H groups in total. The highest BCUT2D eigenvalue weighted by atomic mass is 32.2. The Bertz CT molecular complexity index is 503. The quantitative estimate of drug-likeness (QED) is 0.0423. The fourth-order valence-corrected chi connectivity index (χ4v) is 6.17. The van der Waals surface area contributed by atoms with E-state index in [0.29, 0.717) is 22.7 Å². The summed E-state index contributed by atoms with van der Waals surface area (Å²) in [4.78, 5) is 44.1. The molecule has 0 rings (SSSR count). The van der Waals surface area contributed by atoms with E-state index in [1.165, 1.54) is 58.8 Å². The molecule has 0 aromatic rings. The highest BCUT2D eigenvalue weighted by Crippen LogP contribution is 2.15. The molecule has 0 unspecified atom stereocenters. The van der Waals surface area contributed by atoms with Crippen molar-refractivity contribution in [1.29, 1.82) is 0 Å². The second kappa shape index (κ2) is 26.9. The molecule has 0 heterocycles. The van der Waals surface area contributed by atoms with Crippen molar-refractivity contribution in [2.75, 3.05) is 83.2 Å². The summed E-state index contributed by atoms with van der Waals surface area (Å²) in [6, 6.07) is 0. The van der Waals surface area contributed by atoms with Gasteiger partial charge >= 0.3 is 17.9 Å². The lowest BCUT2D eigenvalue weighted by atomic mass is 10.7. The topological polar surface area (TPSA) is 138 Å². The zero-order valence-corrected chi connectivity index (χ0v) is 22.9. The fraction of sp³-hybridized carbons (Fsp3) is 0.824. The fourth-order valence-electron chi connectivity index (χ4n) is 1.45. The van der Waals surface area contributed by atoms with E-state index < -0.39 is 0 Å². The van der Waals surface area contributed by atoms with Crippen molar-refractivity contribution < 1.29 is 48.6 Å². The first-order valence-corrected chi connectivity index (χ1v) is 16.4. The summed E-state index contributed by atoms with van der Waals surface area (Å²) in [5.74, 6) is 1.000. The molecule has 194 valence electrons. The SMILES string of the molecule is O=C(CSCSCCOOCSCSCOC(=O)CSCSCC(=O)OCCO)OCCO. The van der Waals surface area contributed by atoms with Crippen LogP contribution in [-0.4, -0.2) is 111 Å². The van der Waals surface area contributed by atoms with E-state index in [1.54, 1.807) is 11.8 Å².